The molecule has 1 N–H and O–H groups in total. The average molecular weight is 582 g/mol. The molecule has 7 rings (SSSR count). The summed E-state index contributed by atoms with van der Waals surface area (Å²) < 4.78 is 8.34. The zero-order valence-electron chi connectivity index (χ0n) is 24.9. The Balaban J connectivity index is 1.55. The summed E-state index contributed by atoms with van der Waals surface area (Å²) in [6.45, 7) is 5.34. The summed E-state index contributed by atoms with van der Waals surface area (Å²) in [4.78, 5) is 2.08. The Hall–Kier alpha value is -5.01. The maximum absolute atomic E-state index is 10.2. The Labute approximate surface area is 257 Å². The van der Waals surface area contributed by atoms with E-state index in [1.807, 2.05) is 44.2 Å². The van der Waals surface area contributed by atoms with Gasteiger partial charge in [-0.25, -0.2) is 4.68 Å². The van der Waals surface area contributed by atoms with Crippen LogP contribution in [0.4, 0.5) is 5.82 Å². The Morgan fingerprint density at radius 1 is 0.818 bits per heavy atom. The van der Waals surface area contributed by atoms with E-state index in [1.54, 1.807) is 6.20 Å². The van der Waals surface area contributed by atoms with Crippen LogP contribution in [-0.2, 0) is 5.54 Å². The van der Waals surface area contributed by atoms with Gasteiger partial charge in [-0.15, -0.1) is 5.10 Å². The van der Waals surface area contributed by atoms with Crippen LogP contribution in [0.3, 0.4) is 0 Å². The number of aromatic nitrogens is 4. The first-order valence-electron chi connectivity index (χ1n) is 15.2. The van der Waals surface area contributed by atoms with E-state index in [0.29, 0.717) is 13.0 Å². The van der Waals surface area contributed by atoms with Gasteiger partial charge < -0.3 is 14.7 Å². The molecule has 0 unspecified atom stereocenters. The molecule has 1 atom stereocenters. The van der Waals surface area contributed by atoms with Crippen LogP contribution < -0.4 is 9.64 Å². The van der Waals surface area contributed by atoms with Gasteiger partial charge in [-0.1, -0.05) is 91.0 Å². The van der Waals surface area contributed by atoms with Gasteiger partial charge in [-0.05, 0) is 61.2 Å². The molecule has 3 heterocycles. The highest BCUT2D eigenvalue weighted by molar-refractivity contribution is 5.95. The molecule has 6 aromatic rings. The highest BCUT2D eigenvalue weighted by atomic mass is 16.5. The third-order valence-electron chi connectivity index (χ3n) is 8.32. The molecule has 1 aliphatic rings. The van der Waals surface area contributed by atoms with Crippen LogP contribution >= 0.6 is 0 Å². The number of β-amino-alcohol motifs (C(OH)–C–C–N with tert-alkyl or cyclic N) is 1. The standard InChI is InChI=1S/C37H35N5O2/c1-26(2)44-32-18-19-34-33(23-32)36(27-22-35(39-38-24-27)41-21-20-31(43)25-41)40-42(34)37(28-12-6-3-7-13-28,29-14-8-4-9-15-29)30-16-10-5-11-17-30/h3-19,22-24,26,31,43H,20-21,25H2,1-2H3/t31-/m1/s1. The van der Waals surface area contributed by atoms with Gasteiger partial charge in [0.2, 0.25) is 0 Å². The normalized spacial score (nSPS) is 15.3. The maximum Gasteiger partial charge on any atom is 0.151 e. The van der Waals surface area contributed by atoms with Crippen LogP contribution in [0.25, 0.3) is 22.2 Å². The van der Waals surface area contributed by atoms with Crippen LogP contribution in [0.2, 0.25) is 0 Å². The number of aliphatic hydroxyl groups excluding tert-OH is 1. The van der Waals surface area contributed by atoms with Crippen molar-refractivity contribution in [2.24, 2.45) is 0 Å². The predicted octanol–water partition coefficient (Wildman–Crippen LogP) is 6.69. The number of hydrogen-bond acceptors (Lipinski definition) is 6. The summed E-state index contributed by atoms with van der Waals surface area (Å²) in [5.41, 5.74) is 5.09. The molecule has 1 saturated heterocycles. The maximum atomic E-state index is 10.2. The van der Waals surface area contributed by atoms with E-state index < -0.39 is 5.54 Å². The van der Waals surface area contributed by atoms with Gasteiger partial charge in [0.25, 0.3) is 0 Å². The summed E-state index contributed by atoms with van der Waals surface area (Å²) in [5.74, 6) is 1.51. The molecule has 1 fully saturated rings. The molecule has 2 aromatic heterocycles. The first-order valence-corrected chi connectivity index (χ1v) is 15.2. The first-order chi connectivity index (χ1) is 21.5. The summed E-state index contributed by atoms with van der Waals surface area (Å²) >= 11 is 0. The molecule has 0 spiro atoms. The average Bonchev–Trinajstić information content (AvgIpc) is 3.67. The molecule has 0 amide bonds. The highest BCUT2D eigenvalue weighted by Crippen LogP contribution is 2.44. The number of benzene rings is 4. The SMILES string of the molecule is CC(C)Oc1ccc2c(c1)c(-c1cnnc(N3CC[C@@H](O)C3)c1)nn2C(c1ccccc1)(c1ccccc1)c1ccccc1. The lowest BCUT2D eigenvalue weighted by molar-refractivity contribution is 0.198. The largest absolute Gasteiger partial charge is 0.491 e. The van der Waals surface area contributed by atoms with Gasteiger partial charge in [0.15, 0.2) is 5.82 Å². The van der Waals surface area contributed by atoms with Crippen molar-refractivity contribution in [2.45, 2.75) is 38.0 Å². The van der Waals surface area contributed by atoms with Crippen molar-refractivity contribution in [1.82, 2.24) is 20.0 Å². The number of nitrogens with zero attached hydrogens (tertiary/aromatic N) is 5. The number of fused-ring (bicyclic) bond motifs is 1. The monoisotopic (exact) mass is 581 g/mol. The van der Waals surface area contributed by atoms with Gasteiger partial charge in [0, 0.05) is 24.0 Å². The second-order valence-electron chi connectivity index (χ2n) is 11.6. The molecule has 1 aliphatic heterocycles. The van der Waals surface area contributed by atoms with Gasteiger partial charge in [0.1, 0.15) is 17.0 Å². The zero-order valence-corrected chi connectivity index (χ0v) is 24.9. The predicted molar refractivity (Wildman–Crippen MR) is 174 cm³/mol. The van der Waals surface area contributed by atoms with E-state index in [1.165, 1.54) is 0 Å². The molecular formula is C37H35N5O2. The Morgan fingerprint density at radius 3 is 1.98 bits per heavy atom. The quantitative estimate of drug-likeness (QED) is 0.202. The van der Waals surface area contributed by atoms with Gasteiger partial charge >= 0.3 is 0 Å². The van der Waals surface area contributed by atoms with Crippen LogP contribution in [0.15, 0.2) is 121 Å². The highest BCUT2D eigenvalue weighted by Gasteiger charge is 2.41. The number of ether oxygens (including phenoxy) is 1. The molecule has 7 heteroatoms. The molecule has 4 aromatic carbocycles. The van der Waals surface area contributed by atoms with E-state index in [-0.39, 0.29) is 12.2 Å². The molecule has 0 saturated carbocycles. The summed E-state index contributed by atoms with van der Waals surface area (Å²) in [5, 5.41) is 25.5. The molecule has 44 heavy (non-hydrogen) atoms. The number of anilines is 1. The molecule has 0 bridgehead atoms. The lowest BCUT2D eigenvalue weighted by Crippen LogP contribution is -2.38. The fourth-order valence-electron chi connectivity index (χ4n) is 6.41. The molecule has 220 valence electrons. The minimum absolute atomic E-state index is 0.0266. The van der Waals surface area contributed by atoms with Crippen molar-refractivity contribution in [3.8, 4) is 17.0 Å². The van der Waals surface area contributed by atoms with Gasteiger partial charge in [0.05, 0.1) is 23.9 Å². The lowest BCUT2D eigenvalue weighted by atomic mass is 9.77. The number of aliphatic hydroxyl groups is 1. The second kappa shape index (κ2) is 11.6. The van der Waals surface area contributed by atoms with Crippen molar-refractivity contribution in [1.29, 1.82) is 0 Å². The van der Waals surface area contributed by atoms with Crippen LogP contribution in [0, 0.1) is 0 Å². The zero-order chi connectivity index (χ0) is 30.1. The van der Waals surface area contributed by atoms with Crippen molar-refractivity contribution in [2.75, 3.05) is 18.0 Å². The smallest absolute Gasteiger partial charge is 0.151 e. The third kappa shape index (κ3) is 4.89. The van der Waals surface area contributed by atoms with Crippen molar-refractivity contribution in [3.05, 3.63) is 138 Å². The Morgan fingerprint density at radius 2 is 1.43 bits per heavy atom. The van der Waals surface area contributed by atoms with Crippen molar-refractivity contribution < 1.29 is 9.84 Å². The lowest BCUT2D eigenvalue weighted by Gasteiger charge is -2.37. The van der Waals surface area contributed by atoms with Crippen molar-refractivity contribution in [3.63, 3.8) is 0 Å². The summed E-state index contributed by atoms with van der Waals surface area (Å²) in [7, 11) is 0. The number of hydrogen-bond donors (Lipinski definition) is 1. The minimum atomic E-state index is -0.789. The van der Waals surface area contributed by atoms with E-state index >= 15 is 0 Å². The van der Waals surface area contributed by atoms with Crippen molar-refractivity contribution >= 4 is 16.7 Å². The first kappa shape index (κ1) is 27.8. The van der Waals surface area contributed by atoms with E-state index in [9.17, 15) is 5.11 Å². The summed E-state index contributed by atoms with van der Waals surface area (Å²) in [6.07, 6.45) is 2.15. The van der Waals surface area contributed by atoms with Crippen LogP contribution in [-0.4, -0.2) is 50.4 Å². The number of rotatable bonds is 8. The van der Waals surface area contributed by atoms with Gasteiger partial charge in [-0.3, -0.25) is 0 Å². The molecule has 7 nitrogen and oxygen atoms in total. The topological polar surface area (TPSA) is 76.3 Å². The molecule has 0 aliphatic carbocycles. The van der Waals surface area contributed by atoms with E-state index in [0.717, 1.165) is 57.0 Å². The van der Waals surface area contributed by atoms with E-state index in [2.05, 4.69) is 105 Å². The van der Waals surface area contributed by atoms with Crippen LogP contribution in [0.5, 0.6) is 5.75 Å². The fourth-order valence-corrected chi connectivity index (χ4v) is 6.41. The van der Waals surface area contributed by atoms with E-state index in [4.69, 9.17) is 9.84 Å². The van der Waals surface area contributed by atoms with Crippen LogP contribution in [0.1, 0.15) is 37.0 Å². The Bertz CT molecular complexity index is 1780. The molecular weight excluding hydrogens is 546 g/mol. The third-order valence-corrected chi connectivity index (χ3v) is 8.32. The van der Waals surface area contributed by atoms with Gasteiger partial charge in [-0.2, -0.15) is 10.2 Å². The summed E-state index contributed by atoms with van der Waals surface area (Å²) in [6, 6.07) is 39.9. The minimum Gasteiger partial charge on any atom is -0.491 e. The fraction of sp³-hybridized carbons (Fsp3) is 0.216. The second-order valence-corrected chi connectivity index (χ2v) is 11.6. The molecule has 0 radical (unpaired) electrons. The Kier molecular flexibility index (Phi) is 7.32.